The van der Waals surface area contributed by atoms with Crippen molar-refractivity contribution in [1.82, 2.24) is 15.2 Å². The molecule has 2 aromatic rings. The fourth-order valence-electron chi connectivity index (χ4n) is 1.98. The van der Waals surface area contributed by atoms with Gasteiger partial charge in [-0.3, -0.25) is 4.99 Å². The minimum absolute atomic E-state index is 0. The van der Waals surface area contributed by atoms with Crippen LogP contribution in [0.4, 0.5) is 5.13 Å². The summed E-state index contributed by atoms with van der Waals surface area (Å²) in [5.74, 6) is 0.899. The summed E-state index contributed by atoms with van der Waals surface area (Å²) in [5.41, 5.74) is 1.04. The van der Waals surface area contributed by atoms with Crippen LogP contribution in [0.25, 0.3) is 0 Å². The first kappa shape index (κ1) is 20.2. The average Bonchev–Trinajstić information content (AvgIpc) is 3.17. The second kappa shape index (κ2) is 10.1. The number of anilines is 1. The van der Waals surface area contributed by atoms with E-state index in [1.165, 1.54) is 4.88 Å². The van der Waals surface area contributed by atoms with Crippen LogP contribution in [0.2, 0.25) is 0 Å². The van der Waals surface area contributed by atoms with Gasteiger partial charge in [0.1, 0.15) is 0 Å². The molecule has 0 aliphatic carbocycles. The van der Waals surface area contributed by atoms with E-state index in [4.69, 9.17) is 0 Å². The van der Waals surface area contributed by atoms with Gasteiger partial charge >= 0.3 is 0 Å². The maximum atomic E-state index is 4.57. The highest BCUT2D eigenvalue weighted by Crippen LogP contribution is 2.17. The Morgan fingerprint density at radius 1 is 1.30 bits per heavy atom. The standard InChI is InChI=1S/C15H23N5S2.HI/c1-16-14(20(4)8-7-13-6-5-9-21-13)17-10-12-11-22-15(18-12)19(2)3;/h5-6,9,11H,7-8,10H2,1-4H3,(H,16,17);1H. The molecule has 23 heavy (non-hydrogen) atoms. The SMILES string of the molecule is CN=C(NCc1csc(N(C)C)n1)N(C)CCc1cccs1.I. The Morgan fingerprint density at radius 2 is 2.09 bits per heavy atom. The molecule has 0 aliphatic heterocycles. The van der Waals surface area contributed by atoms with Crippen LogP contribution in [0.3, 0.4) is 0 Å². The van der Waals surface area contributed by atoms with Crippen LogP contribution in [0.5, 0.6) is 0 Å². The Morgan fingerprint density at radius 3 is 2.65 bits per heavy atom. The van der Waals surface area contributed by atoms with Gasteiger partial charge in [0.2, 0.25) is 0 Å². The normalized spacial score (nSPS) is 11.0. The Labute approximate surface area is 163 Å². The van der Waals surface area contributed by atoms with E-state index < -0.39 is 0 Å². The molecule has 8 heteroatoms. The molecule has 0 saturated carbocycles. The number of hydrogen-bond acceptors (Lipinski definition) is 5. The van der Waals surface area contributed by atoms with E-state index in [-0.39, 0.29) is 24.0 Å². The van der Waals surface area contributed by atoms with Crippen molar-refractivity contribution in [1.29, 1.82) is 0 Å². The van der Waals surface area contributed by atoms with Gasteiger partial charge in [-0.25, -0.2) is 4.98 Å². The van der Waals surface area contributed by atoms with Crippen molar-refractivity contribution >= 4 is 57.7 Å². The molecule has 1 N–H and O–H groups in total. The maximum Gasteiger partial charge on any atom is 0.193 e. The fourth-order valence-corrected chi connectivity index (χ4v) is 3.43. The molecule has 2 aromatic heterocycles. The molecule has 0 fully saturated rings. The van der Waals surface area contributed by atoms with Crippen LogP contribution >= 0.6 is 46.7 Å². The zero-order valence-corrected chi connectivity index (χ0v) is 17.9. The third kappa shape index (κ3) is 6.27. The first-order valence-electron chi connectivity index (χ1n) is 7.16. The molecule has 0 aliphatic rings. The van der Waals surface area contributed by atoms with Crippen LogP contribution in [-0.4, -0.2) is 50.6 Å². The van der Waals surface area contributed by atoms with E-state index in [1.54, 1.807) is 22.7 Å². The third-order valence-corrected chi connectivity index (χ3v) is 5.19. The van der Waals surface area contributed by atoms with Crippen LogP contribution in [0.15, 0.2) is 27.9 Å². The maximum absolute atomic E-state index is 4.57. The smallest absolute Gasteiger partial charge is 0.193 e. The van der Waals surface area contributed by atoms with Gasteiger partial charge in [-0.1, -0.05) is 6.07 Å². The Kier molecular flexibility index (Phi) is 8.85. The lowest BCUT2D eigenvalue weighted by molar-refractivity contribution is 0.486. The lowest BCUT2D eigenvalue weighted by Crippen LogP contribution is -2.39. The molecule has 128 valence electrons. The molecule has 0 atom stereocenters. The molecule has 0 bridgehead atoms. The molecular formula is C15H24IN5S2. The van der Waals surface area contributed by atoms with Crippen LogP contribution in [0, 0.1) is 0 Å². The van der Waals surface area contributed by atoms with Crippen molar-refractivity contribution in [3.63, 3.8) is 0 Å². The predicted octanol–water partition coefficient (Wildman–Crippen LogP) is 3.14. The highest BCUT2D eigenvalue weighted by molar-refractivity contribution is 14.0. The summed E-state index contributed by atoms with van der Waals surface area (Å²) in [4.78, 5) is 14.5. The largest absolute Gasteiger partial charge is 0.354 e. The van der Waals surface area contributed by atoms with Crippen molar-refractivity contribution in [3.05, 3.63) is 33.5 Å². The van der Waals surface area contributed by atoms with Gasteiger partial charge in [0.05, 0.1) is 12.2 Å². The summed E-state index contributed by atoms with van der Waals surface area (Å²) in [6.45, 7) is 1.64. The molecular weight excluding hydrogens is 441 g/mol. The number of nitrogens with zero attached hydrogens (tertiary/aromatic N) is 4. The second-order valence-corrected chi connectivity index (χ2v) is 7.04. The number of rotatable bonds is 6. The lowest BCUT2D eigenvalue weighted by atomic mass is 10.3. The first-order valence-corrected chi connectivity index (χ1v) is 8.92. The zero-order valence-electron chi connectivity index (χ0n) is 13.9. The quantitative estimate of drug-likeness (QED) is 0.405. The van der Waals surface area contributed by atoms with Crippen LogP contribution in [-0.2, 0) is 13.0 Å². The van der Waals surface area contributed by atoms with Crippen molar-refractivity contribution in [3.8, 4) is 0 Å². The topological polar surface area (TPSA) is 43.8 Å². The number of halogens is 1. The first-order chi connectivity index (χ1) is 10.6. The number of thiazole rings is 1. The summed E-state index contributed by atoms with van der Waals surface area (Å²) in [6, 6.07) is 4.27. The van der Waals surface area contributed by atoms with Crippen molar-refractivity contribution in [2.75, 3.05) is 39.6 Å². The second-order valence-electron chi connectivity index (χ2n) is 5.17. The number of thiophene rings is 1. The Bertz CT molecular complexity index is 595. The highest BCUT2D eigenvalue weighted by atomic mass is 127. The van der Waals surface area contributed by atoms with Gasteiger partial charge in [0.25, 0.3) is 0 Å². The number of guanidine groups is 1. The van der Waals surface area contributed by atoms with Gasteiger partial charge < -0.3 is 15.1 Å². The number of nitrogens with one attached hydrogen (secondary N) is 1. The predicted molar refractivity (Wildman–Crippen MR) is 113 cm³/mol. The Hall–Kier alpha value is -0.870. The minimum Gasteiger partial charge on any atom is -0.354 e. The number of hydrogen-bond donors (Lipinski definition) is 1. The summed E-state index contributed by atoms with van der Waals surface area (Å²) >= 11 is 3.46. The fraction of sp³-hybridized carbons (Fsp3) is 0.467. The van der Waals surface area contributed by atoms with E-state index in [1.807, 2.05) is 26.0 Å². The van der Waals surface area contributed by atoms with E-state index >= 15 is 0 Å². The molecule has 0 amide bonds. The third-order valence-electron chi connectivity index (χ3n) is 3.20. The van der Waals surface area contributed by atoms with E-state index in [0.717, 1.165) is 29.8 Å². The van der Waals surface area contributed by atoms with Gasteiger partial charge in [-0.2, -0.15) is 0 Å². The molecule has 0 aromatic carbocycles. The van der Waals surface area contributed by atoms with E-state index in [9.17, 15) is 0 Å². The van der Waals surface area contributed by atoms with Gasteiger partial charge in [0.15, 0.2) is 11.1 Å². The van der Waals surface area contributed by atoms with E-state index in [2.05, 4.69) is 50.1 Å². The van der Waals surface area contributed by atoms with Crippen LogP contribution < -0.4 is 10.2 Å². The van der Waals surface area contributed by atoms with Gasteiger partial charge in [-0.05, 0) is 17.9 Å². The number of aromatic nitrogens is 1. The van der Waals surface area contributed by atoms with Crippen molar-refractivity contribution in [2.45, 2.75) is 13.0 Å². The molecule has 0 unspecified atom stereocenters. The Balaban J connectivity index is 0.00000264. The number of aliphatic imine (C=N–C) groups is 1. The average molecular weight is 465 g/mol. The van der Waals surface area contributed by atoms with Gasteiger partial charge in [0, 0.05) is 45.0 Å². The lowest BCUT2D eigenvalue weighted by Gasteiger charge is -2.21. The summed E-state index contributed by atoms with van der Waals surface area (Å²) in [6.07, 6.45) is 1.04. The zero-order chi connectivity index (χ0) is 15.9. The monoisotopic (exact) mass is 465 g/mol. The minimum atomic E-state index is 0. The molecule has 2 rings (SSSR count). The van der Waals surface area contributed by atoms with Crippen molar-refractivity contribution in [2.24, 2.45) is 4.99 Å². The van der Waals surface area contributed by atoms with Crippen molar-refractivity contribution < 1.29 is 0 Å². The molecule has 0 saturated heterocycles. The summed E-state index contributed by atoms with van der Waals surface area (Å²) < 4.78 is 0. The summed E-state index contributed by atoms with van der Waals surface area (Å²) in [5, 5.41) is 8.60. The summed E-state index contributed by atoms with van der Waals surface area (Å²) in [7, 11) is 7.90. The molecule has 0 spiro atoms. The number of likely N-dealkylation sites (N-methyl/N-ethyl adjacent to an activating group) is 1. The molecule has 0 radical (unpaired) electrons. The van der Waals surface area contributed by atoms with Crippen LogP contribution in [0.1, 0.15) is 10.6 Å². The van der Waals surface area contributed by atoms with E-state index in [0.29, 0.717) is 6.54 Å². The highest BCUT2D eigenvalue weighted by Gasteiger charge is 2.08. The molecule has 2 heterocycles. The molecule has 5 nitrogen and oxygen atoms in total. The van der Waals surface area contributed by atoms with Gasteiger partial charge in [-0.15, -0.1) is 46.7 Å².